The molecule has 0 saturated carbocycles. The molecule has 49 heavy (non-hydrogen) atoms. The molecule has 0 aromatic rings. The zero-order valence-electron chi connectivity index (χ0n) is 31.9. The van der Waals surface area contributed by atoms with E-state index in [1.807, 2.05) is 0 Å². The van der Waals surface area contributed by atoms with Crippen LogP contribution in [0.15, 0.2) is 24.3 Å². The van der Waals surface area contributed by atoms with Crippen molar-refractivity contribution in [2.45, 2.75) is 193 Å². The summed E-state index contributed by atoms with van der Waals surface area (Å²) in [6.45, 7) is 4.90. The predicted octanol–water partition coefficient (Wildman–Crippen LogP) is 11.7. The van der Waals surface area contributed by atoms with Gasteiger partial charge in [-0.1, -0.05) is 160 Å². The van der Waals surface area contributed by atoms with Crippen molar-refractivity contribution in [2.24, 2.45) is 5.73 Å². The van der Waals surface area contributed by atoms with Crippen LogP contribution < -0.4 is 5.73 Å². The topological polar surface area (TPSA) is 117 Å². The molecule has 0 aromatic carbocycles. The average molecular weight is 716 g/mol. The van der Waals surface area contributed by atoms with E-state index >= 15 is 0 Å². The van der Waals surface area contributed by atoms with Crippen LogP contribution in [0.4, 0.5) is 0 Å². The van der Waals surface area contributed by atoms with Gasteiger partial charge in [0.1, 0.15) is 6.10 Å². The summed E-state index contributed by atoms with van der Waals surface area (Å²) in [5.41, 5.74) is 5.36. The number of carbonyl (C=O) groups excluding carboxylic acids is 1. The first-order valence-electron chi connectivity index (χ1n) is 20.3. The number of ether oxygens (including phenoxy) is 2. The van der Waals surface area contributed by atoms with Crippen LogP contribution in [0, 0.1) is 0 Å². The molecule has 0 amide bonds. The molecule has 9 heteroatoms. The number of rotatable bonds is 39. The monoisotopic (exact) mass is 716 g/mol. The lowest BCUT2D eigenvalue weighted by Gasteiger charge is -2.20. The minimum Gasteiger partial charge on any atom is -0.457 e. The fourth-order valence-corrected chi connectivity index (χ4v) is 6.38. The molecule has 290 valence electrons. The highest BCUT2D eigenvalue weighted by Crippen LogP contribution is 2.43. The summed E-state index contributed by atoms with van der Waals surface area (Å²) in [6.07, 6.45) is 40.4. The normalized spacial score (nSPS) is 13.8. The van der Waals surface area contributed by atoms with Crippen molar-refractivity contribution in [3.8, 4) is 0 Å². The summed E-state index contributed by atoms with van der Waals surface area (Å²) in [7, 11) is -4.27. The molecule has 0 aliphatic carbocycles. The van der Waals surface area contributed by atoms with Gasteiger partial charge < -0.3 is 20.1 Å². The summed E-state index contributed by atoms with van der Waals surface area (Å²) < 4.78 is 33.3. The molecular weight excluding hydrogens is 637 g/mol. The minimum absolute atomic E-state index is 0.0965. The molecule has 0 heterocycles. The first-order valence-corrected chi connectivity index (χ1v) is 21.8. The van der Waals surface area contributed by atoms with Crippen LogP contribution in [-0.4, -0.2) is 49.9 Å². The van der Waals surface area contributed by atoms with E-state index in [1.165, 1.54) is 109 Å². The number of hydrogen-bond acceptors (Lipinski definition) is 7. The molecule has 8 nitrogen and oxygen atoms in total. The number of phosphoric acid groups is 1. The van der Waals surface area contributed by atoms with Crippen LogP contribution in [0.5, 0.6) is 0 Å². The van der Waals surface area contributed by atoms with Gasteiger partial charge in [-0.15, -0.1) is 0 Å². The van der Waals surface area contributed by atoms with Crippen molar-refractivity contribution >= 4 is 13.8 Å². The van der Waals surface area contributed by atoms with Crippen LogP contribution in [0.25, 0.3) is 0 Å². The van der Waals surface area contributed by atoms with Crippen LogP contribution in [0.3, 0.4) is 0 Å². The second-order valence-corrected chi connectivity index (χ2v) is 15.0. The van der Waals surface area contributed by atoms with Gasteiger partial charge in [-0.05, 0) is 44.9 Å². The summed E-state index contributed by atoms with van der Waals surface area (Å²) in [5, 5.41) is 0. The lowest BCUT2D eigenvalue weighted by molar-refractivity contribution is -0.154. The average Bonchev–Trinajstić information content (AvgIpc) is 3.09. The number of nitrogens with two attached hydrogens (primary N) is 1. The largest absolute Gasteiger partial charge is 0.472 e. The van der Waals surface area contributed by atoms with E-state index < -0.39 is 13.9 Å². The summed E-state index contributed by atoms with van der Waals surface area (Å²) in [4.78, 5) is 22.4. The SMILES string of the molecule is CCCCC/C=C\C/C=C\CCCCCCCC(=O)OC(COCCCCCCCCCCCCCCCCC)COP(=O)(O)OCCN. The Morgan fingerprint density at radius 2 is 1.08 bits per heavy atom. The van der Waals surface area contributed by atoms with E-state index in [9.17, 15) is 14.3 Å². The van der Waals surface area contributed by atoms with E-state index in [1.54, 1.807) is 0 Å². The van der Waals surface area contributed by atoms with Crippen molar-refractivity contribution < 1.29 is 32.8 Å². The first kappa shape index (κ1) is 48.0. The Morgan fingerprint density at radius 3 is 1.63 bits per heavy atom. The van der Waals surface area contributed by atoms with Gasteiger partial charge in [0, 0.05) is 19.6 Å². The van der Waals surface area contributed by atoms with Crippen LogP contribution in [0.1, 0.15) is 187 Å². The number of allylic oxidation sites excluding steroid dienone is 4. The van der Waals surface area contributed by atoms with E-state index in [-0.39, 0.29) is 32.3 Å². The third-order valence-electron chi connectivity index (χ3n) is 8.62. The molecule has 0 fully saturated rings. The van der Waals surface area contributed by atoms with Gasteiger partial charge in [-0.2, -0.15) is 0 Å². The molecule has 0 saturated heterocycles. The van der Waals surface area contributed by atoms with E-state index in [2.05, 4.69) is 38.2 Å². The summed E-state index contributed by atoms with van der Waals surface area (Å²) >= 11 is 0. The summed E-state index contributed by atoms with van der Waals surface area (Å²) in [5.74, 6) is -0.342. The third-order valence-corrected chi connectivity index (χ3v) is 9.61. The van der Waals surface area contributed by atoms with E-state index in [0.717, 1.165) is 57.8 Å². The molecule has 0 aliphatic rings. The number of esters is 1. The van der Waals surface area contributed by atoms with Crippen LogP contribution in [0.2, 0.25) is 0 Å². The standard InChI is InChI=1S/C40H78NO7P/c1-3-5-7-9-11-13-15-17-19-21-23-25-27-29-31-33-40(42)48-39(38-47-49(43,44)46-36-34-41)37-45-35-32-30-28-26-24-22-20-18-16-14-12-10-8-6-4-2/h11,13,17,19,39H,3-10,12,14-16,18,20-38,41H2,1-2H3,(H,43,44)/b13-11-,19-17-. The smallest absolute Gasteiger partial charge is 0.457 e. The Morgan fingerprint density at radius 1 is 0.612 bits per heavy atom. The van der Waals surface area contributed by atoms with E-state index in [4.69, 9.17) is 24.3 Å². The zero-order chi connectivity index (χ0) is 35.9. The zero-order valence-corrected chi connectivity index (χ0v) is 32.8. The molecule has 0 rings (SSSR count). The Hall–Kier alpha value is -1.02. The highest BCUT2D eigenvalue weighted by molar-refractivity contribution is 7.47. The lowest BCUT2D eigenvalue weighted by Crippen LogP contribution is -2.28. The van der Waals surface area contributed by atoms with Crippen molar-refractivity contribution in [3.05, 3.63) is 24.3 Å². The molecule has 2 atom stereocenters. The highest BCUT2D eigenvalue weighted by Gasteiger charge is 2.25. The fourth-order valence-electron chi connectivity index (χ4n) is 5.61. The maximum absolute atomic E-state index is 12.5. The number of hydrogen-bond donors (Lipinski definition) is 2. The molecule has 0 spiro atoms. The summed E-state index contributed by atoms with van der Waals surface area (Å²) in [6, 6.07) is 0. The van der Waals surface area contributed by atoms with E-state index in [0.29, 0.717) is 13.0 Å². The van der Waals surface area contributed by atoms with Gasteiger partial charge >= 0.3 is 13.8 Å². The molecule has 3 N–H and O–H groups in total. The quantitative estimate of drug-likeness (QED) is 0.0279. The number of phosphoric ester groups is 1. The molecule has 0 aromatic heterocycles. The van der Waals surface area contributed by atoms with Crippen LogP contribution >= 0.6 is 7.82 Å². The van der Waals surface area contributed by atoms with Gasteiger partial charge in [0.25, 0.3) is 0 Å². The minimum atomic E-state index is -4.27. The molecule has 0 radical (unpaired) electrons. The van der Waals surface area contributed by atoms with Gasteiger partial charge in [0.15, 0.2) is 0 Å². The van der Waals surface area contributed by atoms with Crippen molar-refractivity contribution in [3.63, 3.8) is 0 Å². The Labute approximate surface area is 302 Å². The first-order chi connectivity index (χ1) is 23.9. The Kier molecular flexibility index (Phi) is 37.4. The van der Waals surface area contributed by atoms with Gasteiger partial charge in [-0.3, -0.25) is 13.8 Å². The Bertz CT molecular complexity index is 807. The fraction of sp³-hybridized carbons (Fsp3) is 0.875. The molecule has 0 aliphatic heterocycles. The van der Waals surface area contributed by atoms with Gasteiger partial charge in [0.05, 0.1) is 19.8 Å². The van der Waals surface area contributed by atoms with Crippen molar-refractivity contribution in [1.82, 2.24) is 0 Å². The van der Waals surface area contributed by atoms with Crippen molar-refractivity contribution in [1.29, 1.82) is 0 Å². The number of unbranched alkanes of at least 4 members (excludes halogenated alkanes) is 22. The van der Waals surface area contributed by atoms with Gasteiger partial charge in [-0.25, -0.2) is 4.57 Å². The third kappa shape index (κ3) is 38.1. The second kappa shape index (κ2) is 38.2. The number of carbonyl (C=O) groups is 1. The lowest BCUT2D eigenvalue weighted by atomic mass is 10.0. The van der Waals surface area contributed by atoms with Gasteiger partial charge in [0.2, 0.25) is 0 Å². The molecule has 0 bridgehead atoms. The van der Waals surface area contributed by atoms with Crippen LogP contribution in [-0.2, 0) is 27.9 Å². The second-order valence-electron chi connectivity index (χ2n) is 13.5. The Balaban J connectivity index is 4.07. The predicted molar refractivity (Wildman–Crippen MR) is 206 cm³/mol. The highest BCUT2D eigenvalue weighted by atomic mass is 31.2. The maximum Gasteiger partial charge on any atom is 0.472 e. The van der Waals surface area contributed by atoms with Crippen molar-refractivity contribution in [2.75, 3.05) is 33.0 Å². The molecule has 2 unspecified atom stereocenters. The maximum atomic E-state index is 12.5. The molecular formula is C40H78NO7P.